The monoisotopic (exact) mass is 315 g/mol. The highest BCUT2D eigenvalue weighted by Crippen LogP contribution is 2.38. The Labute approximate surface area is 141 Å². The summed E-state index contributed by atoms with van der Waals surface area (Å²) in [5, 5.41) is 13.7. The lowest BCUT2D eigenvalue weighted by atomic mass is 9.69. The Morgan fingerprint density at radius 1 is 1.35 bits per heavy atom. The molecule has 1 fully saturated rings. The fraction of sp³-hybridized carbons (Fsp3) is 0.632. The molecule has 126 valence electrons. The van der Waals surface area contributed by atoms with E-state index in [2.05, 4.69) is 26.1 Å². The molecule has 1 saturated carbocycles. The topological polar surface area (TPSA) is 49.3 Å². The molecular formula is C19H30BNO2. The highest BCUT2D eigenvalue weighted by molar-refractivity contribution is 6.14. The lowest BCUT2D eigenvalue weighted by molar-refractivity contribution is -0.130. The van der Waals surface area contributed by atoms with Crippen molar-refractivity contribution in [1.82, 2.24) is 5.32 Å². The summed E-state index contributed by atoms with van der Waals surface area (Å²) in [6, 6.07) is 9.53. The van der Waals surface area contributed by atoms with E-state index in [9.17, 15) is 9.90 Å². The lowest BCUT2D eigenvalue weighted by Crippen LogP contribution is -2.46. The van der Waals surface area contributed by atoms with E-state index in [0.717, 1.165) is 18.4 Å². The van der Waals surface area contributed by atoms with Crippen molar-refractivity contribution in [1.29, 1.82) is 0 Å². The van der Waals surface area contributed by atoms with Crippen molar-refractivity contribution in [2.45, 2.75) is 45.5 Å². The van der Waals surface area contributed by atoms with Crippen molar-refractivity contribution < 1.29 is 9.90 Å². The van der Waals surface area contributed by atoms with Gasteiger partial charge < -0.3 is 10.4 Å². The molecule has 0 aliphatic heterocycles. The van der Waals surface area contributed by atoms with Crippen molar-refractivity contribution >= 4 is 13.8 Å². The lowest BCUT2D eigenvalue weighted by Gasteiger charge is -2.37. The molecule has 2 N–H and O–H groups in total. The van der Waals surface area contributed by atoms with Crippen LogP contribution in [0.15, 0.2) is 30.3 Å². The SMILES string of the molecule is BC(O)(CNC(=O)[C@@H]1CC(C)CC[C@H]1C(C)C)c1ccccc1. The molecule has 2 rings (SSSR count). The molecule has 0 spiro atoms. The summed E-state index contributed by atoms with van der Waals surface area (Å²) in [6.07, 6.45) is 3.31. The van der Waals surface area contributed by atoms with Crippen molar-refractivity contribution in [3.8, 4) is 0 Å². The van der Waals surface area contributed by atoms with Gasteiger partial charge in [-0.3, -0.25) is 4.79 Å². The first-order chi connectivity index (χ1) is 10.8. The van der Waals surface area contributed by atoms with E-state index in [1.165, 1.54) is 6.42 Å². The normalized spacial score (nSPS) is 27.4. The van der Waals surface area contributed by atoms with Gasteiger partial charge in [-0.2, -0.15) is 0 Å². The largest absolute Gasteiger partial charge is 0.393 e. The van der Waals surface area contributed by atoms with Gasteiger partial charge in [0.05, 0.1) is 5.50 Å². The van der Waals surface area contributed by atoms with Gasteiger partial charge in [-0.15, -0.1) is 0 Å². The van der Waals surface area contributed by atoms with Crippen LogP contribution < -0.4 is 5.32 Å². The minimum atomic E-state index is -1.04. The van der Waals surface area contributed by atoms with Crippen LogP contribution in [0.1, 0.15) is 45.6 Å². The highest BCUT2D eigenvalue weighted by atomic mass is 16.3. The summed E-state index contributed by atoms with van der Waals surface area (Å²) in [5.74, 6) is 1.76. The Hall–Kier alpha value is -1.29. The number of aliphatic hydroxyl groups is 1. The number of hydrogen-bond acceptors (Lipinski definition) is 2. The summed E-state index contributed by atoms with van der Waals surface area (Å²) in [7, 11) is 1.76. The van der Waals surface area contributed by atoms with Crippen molar-refractivity contribution in [3.05, 3.63) is 35.9 Å². The van der Waals surface area contributed by atoms with E-state index in [1.54, 1.807) is 7.85 Å². The second-order valence-electron chi connectivity index (χ2n) is 7.79. The average Bonchev–Trinajstić information content (AvgIpc) is 2.53. The summed E-state index contributed by atoms with van der Waals surface area (Å²) in [4.78, 5) is 12.7. The molecule has 3 nitrogen and oxygen atoms in total. The number of amides is 1. The number of rotatable bonds is 5. The smallest absolute Gasteiger partial charge is 0.223 e. The maximum absolute atomic E-state index is 12.7. The maximum atomic E-state index is 12.7. The third kappa shape index (κ3) is 4.60. The van der Waals surface area contributed by atoms with Crippen LogP contribution in [0.3, 0.4) is 0 Å². The van der Waals surface area contributed by atoms with Crippen molar-refractivity contribution in [2.24, 2.45) is 23.7 Å². The van der Waals surface area contributed by atoms with E-state index >= 15 is 0 Å². The molecule has 4 heteroatoms. The van der Waals surface area contributed by atoms with Crippen LogP contribution >= 0.6 is 0 Å². The van der Waals surface area contributed by atoms with Crippen LogP contribution in [-0.2, 0) is 10.3 Å². The molecular weight excluding hydrogens is 285 g/mol. The van der Waals surface area contributed by atoms with Gasteiger partial charge in [0.25, 0.3) is 0 Å². The van der Waals surface area contributed by atoms with Crippen LogP contribution in [0.2, 0.25) is 0 Å². The number of carbonyl (C=O) groups is 1. The number of carbonyl (C=O) groups excluding carboxylic acids is 1. The van der Waals surface area contributed by atoms with E-state index in [0.29, 0.717) is 17.8 Å². The van der Waals surface area contributed by atoms with Crippen LogP contribution in [0.25, 0.3) is 0 Å². The van der Waals surface area contributed by atoms with E-state index in [-0.39, 0.29) is 18.4 Å². The molecule has 1 aliphatic carbocycles. The number of nitrogens with one attached hydrogen (secondary N) is 1. The van der Waals surface area contributed by atoms with Gasteiger partial charge in [0, 0.05) is 12.5 Å². The number of hydrogen-bond donors (Lipinski definition) is 2. The zero-order chi connectivity index (χ0) is 17.0. The van der Waals surface area contributed by atoms with E-state index in [1.807, 2.05) is 30.3 Å². The third-order valence-electron chi connectivity index (χ3n) is 5.36. The maximum Gasteiger partial charge on any atom is 0.223 e. The zero-order valence-corrected chi connectivity index (χ0v) is 14.9. The molecule has 23 heavy (non-hydrogen) atoms. The Bertz CT molecular complexity index is 515. The van der Waals surface area contributed by atoms with E-state index in [4.69, 9.17) is 0 Å². The van der Waals surface area contributed by atoms with Gasteiger partial charge in [0.15, 0.2) is 7.85 Å². The van der Waals surface area contributed by atoms with Crippen LogP contribution in [-0.4, -0.2) is 25.4 Å². The summed E-state index contributed by atoms with van der Waals surface area (Å²) < 4.78 is 0. The van der Waals surface area contributed by atoms with Gasteiger partial charge in [-0.1, -0.05) is 57.5 Å². The number of benzene rings is 1. The molecule has 0 heterocycles. The second kappa shape index (κ2) is 7.52. The summed E-state index contributed by atoms with van der Waals surface area (Å²) in [6.45, 7) is 6.91. The van der Waals surface area contributed by atoms with E-state index < -0.39 is 5.50 Å². The van der Waals surface area contributed by atoms with Crippen LogP contribution in [0.5, 0.6) is 0 Å². The predicted molar refractivity (Wildman–Crippen MR) is 96.7 cm³/mol. The Balaban J connectivity index is 2.00. The first kappa shape index (κ1) is 18.1. The van der Waals surface area contributed by atoms with Crippen LogP contribution in [0.4, 0.5) is 0 Å². The molecule has 0 saturated heterocycles. The molecule has 0 bridgehead atoms. The summed E-state index contributed by atoms with van der Waals surface area (Å²) in [5.41, 5.74) is -0.206. The molecule has 1 aromatic carbocycles. The first-order valence-electron chi connectivity index (χ1n) is 8.87. The average molecular weight is 315 g/mol. The first-order valence-corrected chi connectivity index (χ1v) is 8.87. The van der Waals surface area contributed by atoms with Gasteiger partial charge in [-0.25, -0.2) is 0 Å². The second-order valence-corrected chi connectivity index (χ2v) is 7.79. The fourth-order valence-corrected chi connectivity index (χ4v) is 3.79. The minimum absolute atomic E-state index is 0.0744. The predicted octanol–water partition coefficient (Wildman–Crippen LogP) is 2.29. The zero-order valence-electron chi connectivity index (χ0n) is 14.9. The van der Waals surface area contributed by atoms with Crippen molar-refractivity contribution in [2.75, 3.05) is 6.54 Å². The Morgan fingerprint density at radius 3 is 2.61 bits per heavy atom. The quantitative estimate of drug-likeness (QED) is 0.819. The highest BCUT2D eigenvalue weighted by Gasteiger charge is 2.36. The van der Waals surface area contributed by atoms with Gasteiger partial charge >= 0.3 is 0 Å². The Kier molecular flexibility index (Phi) is 5.91. The molecule has 0 radical (unpaired) electrons. The molecule has 2 unspecified atom stereocenters. The van der Waals surface area contributed by atoms with Crippen LogP contribution in [0, 0.1) is 23.7 Å². The molecule has 1 aliphatic rings. The third-order valence-corrected chi connectivity index (χ3v) is 5.36. The Morgan fingerprint density at radius 2 is 2.00 bits per heavy atom. The van der Waals surface area contributed by atoms with Crippen molar-refractivity contribution in [3.63, 3.8) is 0 Å². The van der Waals surface area contributed by atoms with Gasteiger partial charge in [-0.05, 0) is 36.2 Å². The molecule has 1 amide bonds. The standard InChI is InChI=1S/C19H30BNO2/c1-13(2)16-10-9-14(3)11-17(16)18(22)21-12-19(20,23)15-7-5-4-6-8-15/h4-8,13-14,16-17,23H,9-12,20H2,1-3H3,(H,21,22)/t14?,16-,17+,19?/m0/s1. The fourth-order valence-electron chi connectivity index (χ4n) is 3.79. The molecule has 0 aromatic heterocycles. The molecule has 4 atom stereocenters. The van der Waals surface area contributed by atoms with Gasteiger partial charge in [0.1, 0.15) is 0 Å². The minimum Gasteiger partial charge on any atom is -0.393 e. The molecule has 1 aromatic rings. The van der Waals surface area contributed by atoms with Gasteiger partial charge in [0.2, 0.25) is 5.91 Å². The summed E-state index contributed by atoms with van der Waals surface area (Å²) >= 11 is 0.